The fourth-order valence-corrected chi connectivity index (χ4v) is 2.06. The number of anilines is 2. The Kier molecular flexibility index (Phi) is 4.42. The number of carbonyl (C=O) groups is 1. The van der Waals surface area contributed by atoms with Gasteiger partial charge in [-0.25, -0.2) is 4.98 Å². The van der Waals surface area contributed by atoms with E-state index in [1.165, 1.54) is 0 Å². The molecule has 1 amide bonds. The molecule has 1 heterocycles. The predicted octanol–water partition coefficient (Wildman–Crippen LogP) is 0.468. The number of nitrogens with two attached hydrogens (primary N) is 1. The van der Waals surface area contributed by atoms with Crippen molar-refractivity contribution in [1.29, 1.82) is 0 Å². The van der Waals surface area contributed by atoms with E-state index in [1.807, 2.05) is 13.8 Å². The first-order valence-electron chi connectivity index (χ1n) is 6.86. The number of nitrogens with zero attached hydrogens (tertiary/aromatic N) is 2. The molecule has 4 N–H and O–H groups in total. The Morgan fingerprint density at radius 3 is 2.86 bits per heavy atom. The van der Waals surface area contributed by atoms with Crippen LogP contribution in [0.3, 0.4) is 0 Å². The third kappa shape index (κ3) is 3.31. The summed E-state index contributed by atoms with van der Waals surface area (Å²) >= 11 is 0. The molecule has 2 aromatic rings. The molecule has 7 nitrogen and oxygen atoms in total. The van der Waals surface area contributed by atoms with Gasteiger partial charge < -0.3 is 16.0 Å². The zero-order valence-corrected chi connectivity index (χ0v) is 12.1. The van der Waals surface area contributed by atoms with Crippen molar-refractivity contribution in [3.05, 3.63) is 28.6 Å². The Morgan fingerprint density at radius 1 is 1.43 bits per heavy atom. The lowest BCUT2D eigenvalue weighted by Gasteiger charge is -2.20. The van der Waals surface area contributed by atoms with Crippen molar-refractivity contribution in [1.82, 2.24) is 15.3 Å². The van der Waals surface area contributed by atoms with E-state index in [4.69, 9.17) is 5.73 Å². The summed E-state index contributed by atoms with van der Waals surface area (Å²) in [5.41, 5.74) is 6.47. The zero-order valence-electron chi connectivity index (χ0n) is 12.1. The van der Waals surface area contributed by atoms with Crippen LogP contribution >= 0.6 is 0 Å². The first-order valence-corrected chi connectivity index (χ1v) is 6.86. The summed E-state index contributed by atoms with van der Waals surface area (Å²) in [5.74, 6) is 0.269. The molecule has 112 valence electrons. The lowest BCUT2D eigenvalue weighted by atomic mass is 10.2. The smallest absolute Gasteiger partial charge is 0.260 e. The summed E-state index contributed by atoms with van der Waals surface area (Å²) < 4.78 is 0. The van der Waals surface area contributed by atoms with E-state index in [0.29, 0.717) is 35.6 Å². The van der Waals surface area contributed by atoms with Crippen molar-refractivity contribution in [2.75, 3.05) is 30.3 Å². The zero-order chi connectivity index (χ0) is 15.4. The van der Waals surface area contributed by atoms with Crippen LogP contribution in [0.25, 0.3) is 10.9 Å². The summed E-state index contributed by atoms with van der Waals surface area (Å²) in [6, 6.07) is 4.98. The Labute approximate surface area is 122 Å². The van der Waals surface area contributed by atoms with E-state index in [1.54, 1.807) is 23.1 Å². The molecule has 0 aliphatic heterocycles. The van der Waals surface area contributed by atoms with Crippen molar-refractivity contribution in [3.63, 3.8) is 0 Å². The van der Waals surface area contributed by atoms with Gasteiger partial charge in [0, 0.05) is 18.8 Å². The van der Waals surface area contributed by atoms with Crippen molar-refractivity contribution in [2.24, 2.45) is 0 Å². The molecule has 0 fully saturated rings. The van der Waals surface area contributed by atoms with Crippen LogP contribution in [0.5, 0.6) is 0 Å². The van der Waals surface area contributed by atoms with Gasteiger partial charge in [-0.3, -0.25) is 14.6 Å². The molecular weight excluding hydrogens is 270 g/mol. The van der Waals surface area contributed by atoms with Gasteiger partial charge in [-0.1, -0.05) is 0 Å². The fraction of sp³-hybridized carbons (Fsp3) is 0.357. The van der Waals surface area contributed by atoms with Crippen LogP contribution in [0.1, 0.15) is 13.8 Å². The minimum atomic E-state index is -0.267. The Balaban J connectivity index is 2.38. The summed E-state index contributed by atoms with van der Waals surface area (Å²) in [7, 11) is 0. The Morgan fingerprint density at radius 2 is 2.19 bits per heavy atom. The summed E-state index contributed by atoms with van der Waals surface area (Å²) in [6.45, 7) is 5.02. The highest BCUT2D eigenvalue weighted by Crippen LogP contribution is 2.14. The molecule has 1 aromatic heterocycles. The van der Waals surface area contributed by atoms with Crippen molar-refractivity contribution >= 4 is 28.4 Å². The van der Waals surface area contributed by atoms with Gasteiger partial charge in [-0.2, -0.15) is 0 Å². The maximum atomic E-state index is 12.1. The van der Waals surface area contributed by atoms with Crippen LogP contribution < -0.4 is 21.5 Å². The predicted molar refractivity (Wildman–Crippen MR) is 83.3 cm³/mol. The highest BCUT2D eigenvalue weighted by Gasteiger charge is 2.13. The maximum Gasteiger partial charge on any atom is 0.260 e. The number of amides is 1. The van der Waals surface area contributed by atoms with Crippen LogP contribution in [0, 0.1) is 0 Å². The lowest BCUT2D eigenvalue weighted by molar-refractivity contribution is -0.119. The average molecular weight is 289 g/mol. The minimum absolute atomic E-state index is 0.112. The van der Waals surface area contributed by atoms with Gasteiger partial charge in [0.05, 0.1) is 17.4 Å². The van der Waals surface area contributed by atoms with Gasteiger partial charge in [0.25, 0.3) is 5.56 Å². The van der Waals surface area contributed by atoms with Gasteiger partial charge in [-0.05, 0) is 32.0 Å². The number of benzene rings is 1. The molecule has 0 spiro atoms. The van der Waals surface area contributed by atoms with E-state index < -0.39 is 0 Å². The molecule has 0 unspecified atom stereocenters. The van der Waals surface area contributed by atoms with Gasteiger partial charge in [0.2, 0.25) is 11.9 Å². The molecule has 2 rings (SSSR count). The largest absolute Gasteiger partial charge is 0.399 e. The quantitative estimate of drug-likeness (QED) is 0.694. The van der Waals surface area contributed by atoms with Gasteiger partial charge in [0.1, 0.15) is 0 Å². The number of rotatable bonds is 5. The second-order valence-electron chi connectivity index (χ2n) is 4.63. The number of hydrogen-bond donors (Lipinski definition) is 3. The number of carbonyl (C=O) groups excluding carboxylic acids is 1. The van der Waals surface area contributed by atoms with Crippen molar-refractivity contribution < 1.29 is 4.79 Å². The monoisotopic (exact) mass is 289 g/mol. The van der Waals surface area contributed by atoms with E-state index >= 15 is 0 Å². The number of hydrogen-bond acceptors (Lipinski definition) is 5. The van der Waals surface area contributed by atoms with E-state index in [9.17, 15) is 9.59 Å². The Bertz CT molecular complexity index is 710. The highest BCUT2D eigenvalue weighted by atomic mass is 16.2. The minimum Gasteiger partial charge on any atom is -0.399 e. The van der Waals surface area contributed by atoms with Crippen LogP contribution in [-0.4, -0.2) is 35.5 Å². The fourth-order valence-electron chi connectivity index (χ4n) is 2.06. The highest BCUT2D eigenvalue weighted by molar-refractivity contribution is 5.83. The van der Waals surface area contributed by atoms with Crippen LogP contribution in [0.15, 0.2) is 23.0 Å². The van der Waals surface area contributed by atoms with E-state index in [0.717, 1.165) is 0 Å². The Hall–Kier alpha value is -2.57. The first-order chi connectivity index (χ1) is 10.0. The second kappa shape index (κ2) is 6.25. The number of nitrogens with one attached hydrogen (secondary N) is 2. The molecule has 0 atom stereocenters. The molecule has 7 heteroatoms. The van der Waals surface area contributed by atoms with E-state index in [2.05, 4.69) is 15.3 Å². The molecule has 0 saturated carbocycles. The first kappa shape index (κ1) is 14.8. The normalized spacial score (nSPS) is 10.6. The molecule has 1 aromatic carbocycles. The van der Waals surface area contributed by atoms with Gasteiger partial charge in [-0.15, -0.1) is 0 Å². The third-order valence-corrected chi connectivity index (χ3v) is 3.11. The van der Waals surface area contributed by atoms with Crippen LogP contribution in [0.2, 0.25) is 0 Å². The number of fused-ring (bicyclic) bond motifs is 1. The number of H-pyrrole nitrogens is 1. The molecular formula is C14H19N5O2. The molecule has 0 bridgehead atoms. The summed E-state index contributed by atoms with van der Waals surface area (Å²) in [5, 5.41) is 3.16. The number of likely N-dealkylation sites (N-methyl/N-ethyl adjacent to an activating group) is 2. The van der Waals surface area contributed by atoms with Crippen molar-refractivity contribution in [2.45, 2.75) is 13.8 Å². The molecule has 21 heavy (non-hydrogen) atoms. The molecule has 0 saturated heterocycles. The average Bonchev–Trinajstić information content (AvgIpc) is 2.45. The summed E-state index contributed by atoms with van der Waals surface area (Å²) in [6.07, 6.45) is 0. The maximum absolute atomic E-state index is 12.1. The second-order valence-corrected chi connectivity index (χ2v) is 4.63. The van der Waals surface area contributed by atoms with Gasteiger partial charge >= 0.3 is 0 Å². The van der Waals surface area contributed by atoms with Crippen molar-refractivity contribution in [3.8, 4) is 0 Å². The van der Waals surface area contributed by atoms with Crippen LogP contribution in [-0.2, 0) is 4.79 Å². The standard InChI is InChI=1S/C14H19N5O2/c1-3-16-12(20)8-19(4-2)14-17-11-6-5-9(15)7-10(11)13(21)18-14/h5-7H,3-4,8,15H2,1-2H3,(H,16,20)(H,17,18,21). The molecule has 0 aliphatic rings. The number of nitrogen functional groups attached to an aromatic ring is 1. The lowest BCUT2D eigenvalue weighted by Crippen LogP contribution is -2.38. The topological polar surface area (TPSA) is 104 Å². The summed E-state index contributed by atoms with van der Waals surface area (Å²) in [4.78, 5) is 32.6. The third-order valence-electron chi connectivity index (χ3n) is 3.11. The number of aromatic amines is 1. The number of aromatic nitrogens is 2. The SMILES string of the molecule is CCNC(=O)CN(CC)c1nc2ccc(N)cc2c(=O)[nH]1. The van der Waals surface area contributed by atoms with Gasteiger partial charge in [0.15, 0.2) is 0 Å². The molecule has 0 radical (unpaired) electrons. The van der Waals surface area contributed by atoms with E-state index in [-0.39, 0.29) is 18.0 Å². The molecule has 0 aliphatic carbocycles. The van der Waals surface area contributed by atoms with Crippen LogP contribution in [0.4, 0.5) is 11.6 Å².